The molecule has 0 unspecified atom stereocenters. The third-order valence-corrected chi connectivity index (χ3v) is 6.56. The van der Waals surface area contributed by atoms with Crippen LogP contribution >= 0.6 is 0 Å². The maximum Gasteiger partial charge on any atom is 0.420 e. The summed E-state index contributed by atoms with van der Waals surface area (Å²) in [6.07, 6.45) is -10.6. The highest BCUT2D eigenvalue weighted by Gasteiger charge is 2.44. The Hall–Kier alpha value is -3.99. The third kappa shape index (κ3) is 7.02. The van der Waals surface area contributed by atoms with E-state index in [-0.39, 0.29) is 37.3 Å². The highest BCUT2D eigenvalue weighted by atomic mass is 19.4. The molecule has 4 rings (SSSR count). The number of carbonyl (C=O) groups is 2. The molecule has 2 aromatic rings. The molecule has 41 heavy (non-hydrogen) atoms. The number of benzene rings is 2. The lowest BCUT2D eigenvalue weighted by Gasteiger charge is -2.26. The molecule has 3 amide bonds. The van der Waals surface area contributed by atoms with Crippen molar-refractivity contribution in [3.63, 3.8) is 0 Å². The number of alkyl halides is 6. The number of rotatable bonds is 4. The highest BCUT2D eigenvalue weighted by Crippen LogP contribution is 2.47. The standard InChI is InChI=1S/C27H24F7N3O4/c1-35(20-6-4-19(28)5-7-20)25(39)41-23-21(27(32,33)34)15-18(26(29,30)31)16-22(23)37-12-11-36(24(37)38)10-2-3-17-8-13-40-14-9-17/h4-7,15-17H,8-14H2,1H3. The fourth-order valence-corrected chi connectivity index (χ4v) is 4.30. The Balaban J connectivity index is 1.69. The van der Waals surface area contributed by atoms with Crippen LogP contribution in [0.3, 0.4) is 0 Å². The summed E-state index contributed by atoms with van der Waals surface area (Å²) in [6.45, 7) is 0.673. The lowest BCUT2D eigenvalue weighted by molar-refractivity contribution is -0.143. The first-order chi connectivity index (χ1) is 19.3. The van der Waals surface area contributed by atoms with Crippen molar-refractivity contribution in [1.82, 2.24) is 4.90 Å². The van der Waals surface area contributed by atoms with Gasteiger partial charge in [-0.25, -0.2) is 14.0 Å². The first-order valence-electron chi connectivity index (χ1n) is 12.4. The van der Waals surface area contributed by atoms with Gasteiger partial charge in [-0.2, -0.15) is 26.3 Å². The zero-order chi connectivity index (χ0) is 29.9. The molecule has 2 saturated heterocycles. The first-order valence-corrected chi connectivity index (χ1v) is 12.4. The van der Waals surface area contributed by atoms with Crippen molar-refractivity contribution < 1.29 is 49.8 Å². The number of nitrogens with zero attached hydrogens (tertiary/aromatic N) is 3. The lowest BCUT2D eigenvalue weighted by atomic mass is 10.0. The number of urea groups is 1. The predicted octanol–water partition coefficient (Wildman–Crippen LogP) is 6.17. The monoisotopic (exact) mass is 587 g/mol. The van der Waals surface area contributed by atoms with Crippen molar-refractivity contribution in [2.45, 2.75) is 25.2 Å². The van der Waals surface area contributed by atoms with E-state index in [1.807, 2.05) is 0 Å². The van der Waals surface area contributed by atoms with Crippen LogP contribution in [0.4, 0.5) is 51.7 Å². The fourth-order valence-electron chi connectivity index (χ4n) is 4.30. The first kappa shape index (κ1) is 30.0. The Kier molecular flexibility index (Phi) is 8.67. The van der Waals surface area contributed by atoms with E-state index in [1.165, 1.54) is 4.90 Å². The summed E-state index contributed by atoms with van der Waals surface area (Å²) in [5.74, 6) is 4.00. The molecule has 220 valence electrons. The second-order valence-electron chi connectivity index (χ2n) is 9.33. The number of amides is 3. The molecule has 0 aliphatic carbocycles. The molecular formula is C27H24F7N3O4. The lowest BCUT2D eigenvalue weighted by Crippen LogP contribution is -2.34. The maximum absolute atomic E-state index is 14.1. The predicted molar refractivity (Wildman–Crippen MR) is 133 cm³/mol. The van der Waals surface area contributed by atoms with Gasteiger partial charge >= 0.3 is 24.5 Å². The van der Waals surface area contributed by atoms with Crippen LogP contribution in [0, 0.1) is 23.6 Å². The summed E-state index contributed by atoms with van der Waals surface area (Å²) in [5, 5.41) is 0. The topological polar surface area (TPSA) is 62.3 Å². The fraction of sp³-hybridized carbons (Fsp3) is 0.407. The molecule has 0 aromatic heterocycles. The van der Waals surface area contributed by atoms with Gasteiger partial charge < -0.3 is 14.4 Å². The Morgan fingerprint density at radius 2 is 1.71 bits per heavy atom. The second-order valence-corrected chi connectivity index (χ2v) is 9.33. The van der Waals surface area contributed by atoms with Crippen molar-refractivity contribution in [2.75, 3.05) is 49.7 Å². The zero-order valence-corrected chi connectivity index (χ0v) is 21.6. The van der Waals surface area contributed by atoms with E-state index in [0.29, 0.717) is 37.0 Å². The van der Waals surface area contributed by atoms with Crippen LogP contribution < -0.4 is 14.5 Å². The van der Waals surface area contributed by atoms with Gasteiger partial charge in [0, 0.05) is 45.0 Å². The summed E-state index contributed by atoms with van der Waals surface area (Å²) in [7, 11) is 1.12. The molecule has 0 radical (unpaired) electrons. The molecule has 0 saturated carbocycles. The van der Waals surface area contributed by atoms with Crippen molar-refractivity contribution in [1.29, 1.82) is 0 Å². The number of ether oxygens (including phenoxy) is 2. The number of hydrogen-bond acceptors (Lipinski definition) is 4. The minimum Gasteiger partial charge on any atom is -0.407 e. The minimum atomic E-state index is -5.39. The van der Waals surface area contributed by atoms with Crippen molar-refractivity contribution >= 4 is 23.5 Å². The van der Waals surface area contributed by atoms with Gasteiger partial charge in [-0.05, 0) is 49.2 Å². The largest absolute Gasteiger partial charge is 0.420 e. The summed E-state index contributed by atoms with van der Waals surface area (Å²) >= 11 is 0. The maximum atomic E-state index is 14.1. The number of hydrogen-bond donors (Lipinski definition) is 0. The molecule has 14 heteroatoms. The van der Waals surface area contributed by atoms with Crippen LogP contribution in [0.1, 0.15) is 24.0 Å². The molecule has 2 aliphatic heterocycles. The van der Waals surface area contributed by atoms with E-state index >= 15 is 0 Å². The normalized spacial score (nSPS) is 16.4. The van der Waals surface area contributed by atoms with Gasteiger partial charge in [-0.1, -0.05) is 11.8 Å². The molecule has 0 N–H and O–H groups in total. The Labute approximate surface area is 230 Å². The van der Waals surface area contributed by atoms with Crippen LogP contribution in [0.2, 0.25) is 0 Å². The Morgan fingerprint density at radius 3 is 2.32 bits per heavy atom. The van der Waals surface area contributed by atoms with Gasteiger partial charge in [0.1, 0.15) is 11.4 Å². The van der Waals surface area contributed by atoms with Gasteiger partial charge in [0.25, 0.3) is 0 Å². The summed E-state index contributed by atoms with van der Waals surface area (Å²) in [4.78, 5) is 28.6. The smallest absolute Gasteiger partial charge is 0.407 e. The van der Waals surface area contributed by atoms with Crippen LogP contribution in [0.5, 0.6) is 5.75 Å². The van der Waals surface area contributed by atoms with Crippen molar-refractivity contribution in [2.24, 2.45) is 5.92 Å². The van der Waals surface area contributed by atoms with Gasteiger partial charge in [-0.3, -0.25) is 9.80 Å². The van der Waals surface area contributed by atoms with Crippen LogP contribution in [0.25, 0.3) is 0 Å². The van der Waals surface area contributed by atoms with Crippen LogP contribution in [0.15, 0.2) is 36.4 Å². The van der Waals surface area contributed by atoms with E-state index < -0.39 is 52.9 Å². The van der Waals surface area contributed by atoms with Crippen molar-refractivity contribution in [3.8, 4) is 17.6 Å². The van der Waals surface area contributed by atoms with Gasteiger partial charge in [0.05, 0.1) is 17.8 Å². The molecule has 7 nitrogen and oxygen atoms in total. The Morgan fingerprint density at radius 1 is 1.05 bits per heavy atom. The van der Waals surface area contributed by atoms with Gasteiger partial charge in [-0.15, -0.1) is 0 Å². The quantitative estimate of drug-likeness (QED) is 0.317. The molecule has 2 aromatic carbocycles. The molecule has 0 bridgehead atoms. The second kappa shape index (κ2) is 11.9. The third-order valence-electron chi connectivity index (χ3n) is 6.56. The molecule has 0 spiro atoms. The molecule has 2 fully saturated rings. The minimum absolute atomic E-state index is 0.0324. The number of halogens is 7. The average molecular weight is 587 g/mol. The van der Waals surface area contributed by atoms with E-state index in [0.717, 1.165) is 36.2 Å². The molecule has 2 aliphatic rings. The molecule has 0 atom stereocenters. The summed E-state index contributed by atoms with van der Waals surface area (Å²) < 4.78 is 107. The summed E-state index contributed by atoms with van der Waals surface area (Å²) in [6, 6.07) is 3.55. The van der Waals surface area contributed by atoms with E-state index in [9.17, 15) is 40.3 Å². The van der Waals surface area contributed by atoms with Gasteiger partial charge in [0.15, 0.2) is 5.75 Å². The highest BCUT2D eigenvalue weighted by molar-refractivity contribution is 5.97. The SMILES string of the molecule is CN(C(=O)Oc1c(N2CCN(CC#CC3CCOCC3)C2=O)cc(C(F)(F)F)cc1C(F)(F)F)c1ccc(F)cc1. The van der Waals surface area contributed by atoms with E-state index in [1.54, 1.807) is 0 Å². The van der Waals surface area contributed by atoms with Crippen LogP contribution in [-0.2, 0) is 17.1 Å². The number of carbonyl (C=O) groups excluding carboxylic acids is 2. The molecular weight excluding hydrogens is 563 g/mol. The van der Waals surface area contributed by atoms with Crippen molar-refractivity contribution in [3.05, 3.63) is 53.3 Å². The number of anilines is 2. The summed E-state index contributed by atoms with van der Waals surface area (Å²) in [5.41, 5.74) is -4.42. The van der Waals surface area contributed by atoms with E-state index in [2.05, 4.69) is 11.8 Å². The van der Waals surface area contributed by atoms with E-state index in [4.69, 9.17) is 9.47 Å². The van der Waals surface area contributed by atoms with Crippen LogP contribution in [-0.4, -0.2) is 56.9 Å². The van der Waals surface area contributed by atoms with Gasteiger partial charge in [0.2, 0.25) is 0 Å². The zero-order valence-electron chi connectivity index (χ0n) is 21.6. The molecule has 2 heterocycles. The average Bonchev–Trinajstić information content (AvgIpc) is 3.27. The Bertz CT molecular complexity index is 1340.